The number of likely N-dealkylation sites (N-methyl/N-ethyl adjacent to an activating group) is 1. The van der Waals surface area contributed by atoms with Gasteiger partial charge in [0.05, 0.1) is 0 Å². The van der Waals surface area contributed by atoms with Gasteiger partial charge >= 0.3 is 0 Å². The third-order valence-electron chi connectivity index (χ3n) is 2.53. The van der Waals surface area contributed by atoms with Crippen LogP contribution in [0, 0.1) is 5.82 Å². The van der Waals surface area contributed by atoms with Crippen LogP contribution in [-0.4, -0.2) is 30.6 Å². The number of amides is 1. The lowest BCUT2D eigenvalue weighted by molar-refractivity contribution is -0.136. The van der Waals surface area contributed by atoms with Gasteiger partial charge < -0.3 is 9.64 Å². The summed E-state index contributed by atoms with van der Waals surface area (Å²) in [6, 6.07) is 4.71. The molecule has 1 amide bonds. The van der Waals surface area contributed by atoms with Crippen LogP contribution in [-0.2, 0) is 16.1 Å². The van der Waals surface area contributed by atoms with E-state index in [2.05, 4.69) is 15.9 Å². The molecule has 1 rings (SSSR count). The van der Waals surface area contributed by atoms with Crippen LogP contribution in [0.3, 0.4) is 0 Å². The highest BCUT2D eigenvalue weighted by molar-refractivity contribution is 9.10. The molecule has 18 heavy (non-hydrogen) atoms. The number of ether oxygens (including phenoxy) is 1. The van der Waals surface area contributed by atoms with Gasteiger partial charge in [-0.05, 0) is 32.0 Å². The molecule has 100 valence electrons. The molecule has 0 radical (unpaired) electrons. The molecule has 0 saturated heterocycles. The number of benzene rings is 1. The highest BCUT2D eigenvalue weighted by atomic mass is 79.9. The van der Waals surface area contributed by atoms with Crippen molar-refractivity contribution in [3.05, 3.63) is 34.1 Å². The Balaban J connectivity index is 2.73. The van der Waals surface area contributed by atoms with Crippen LogP contribution in [0.4, 0.5) is 4.39 Å². The highest BCUT2D eigenvalue weighted by Gasteiger charge is 2.14. The number of rotatable bonds is 6. The first-order valence-electron chi connectivity index (χ1n) is 5.87. The summed E-state index contributed by atoms with van der Waals surface area (Å²) < 4.78 is 19.5. The lowest BCUT2D eigenvalue weighted by Crippen LogP contribution is -2.33. The number of carbonyl (C=O) groups is 1. The van der Waals surface area contributed by atoms with Gasteiger partial charge in [-0.3, -0.25) is 4.79 Å². The molecule has 0 aliphatic rings. The van der Waals surface area contributed by atoms with E-state index >= 15 is 0 Å². The zero-order chi connectivity index (χ0) is 13.5. The van der Waals surface area contributed by atoms with Crippen molar-refractivity contribution in [1.29, 1.82) is 0 Å². The Morgan fingerprint density at radius 2 is 2.17 bits per heavy atom. The maximum Gasteiger partial charge on any atom is 0.248 e. The minimum Gasteiger partial charge on any atom is -0.372 e. The predicted molar refractivity (Wildman–Crippen MR) is 71.7 cm³/mol. The monoisotopic (exact) mass is 317 g/mol. The molecule has 0 heterocycles. The van der Waals surface area contributed by atoms with Crippen molar-refractivity contribution in [2.75, 3.05) is 19.8 Å². The third kappa shape index (κ3) is 4.38. The van der Waals surface area contributed by atoms with Crippen LogP contribution in [0.15, 0.2) is 22.7 Å². The minimum absolute atomic E-state index is 0.0416. The molecule has 0 fully saturated rings. The summed E-state index contributed by atoms with van der Waals surface area (Å²) in [6.45, 7) is 5.01. The SMILES string of the molecule is CCOCC(=O)N(CC)Cc1cc(Br)ccc1F. The number of hydrogen-bond acceptors (Lipinski definition) is 2. The molecule has 0 aliphatic carbocycles. The fourth-order valence-corrected chi connectivity index (χ4v) is 1.94. The Morgan fingerprint density at radius 3 is 2.78 bits per heavy atom. The van der Waals surface area contributed by atoms with Gasteiger partial charge in [0.15, 0.2) is 0 Å². The molecular formula is C13H17BrFNO2. The van der Waals surface area contributed by atoms with Gasteiger partial charge in [-0.1, -0.05) is 15.9 Å². The van der Waals surface area contributed by atoms with Crippen molar-refractivity contribution in [2.45, 2.75) is 20.4 Å². The molecule has 0 aliphatic heterocycles. The Bertz CT molecular complexity index is 412. The van der Waals surface area contributed by atoms with Crippen LogP contribution in [0.5, 0.6) is 0 Å². The first-order valence-corrected chi connectivity index (χ1v) is 6.67. The molecule has 0 N–H and O–H groups in total. The lowest BCUT2D eigenvalue weighted by atomic mass is 10.2. The topological polar surface area (TPSA) is 29.5 Å². The van der Waals surface area contributed by atoms with Crippen molar-refractivity contribution in [1.82, 2.24) is 4.90 Å². The second-order valence-electron chi connectivity index (χ2n) is 3.78. The van der Waals surface area contributed by atoms with Crippen molar-refractivity contribution >= 4 is 21.8 Å². The van der Waals surface area contributed by atoms with Crippen molar-refractivity contribution in [3.63, 3.8) is 0 Å². The average Bonchev–Trinajstić information content (AvgIpc) is 2.36. The average molecular weight is 318 g/mol. The third-order valence-corrected chi connectivity index (χ3v) is 3.03. The summed E-state index contributed by atoms with van der Waals surface area (Å²) in [4.78, 5) is 13.4. The zero-order valence-corrected chi connectivity index (χ0v) is 12.2. The van der Waals surface area contributed by atoms with Crippen molar-refractivity contribution in [2.24, 2.45) is 0 Å². The summed E-state index contributed by atoms with van der Waals surface area (Å²) >= 11 is 3.29. The van der Waals surface area contributed by atoms with E-state index in [0.29, 0.717) is 18.7 Å². The van der Waals surface area contributed by atoms with Gasteiger partial charge in [0, 0.05) is 29.7 Å². The normalized spacial score (nSPS) is 10.4. The van der Waals surface area contributed by atoms with E-state index in [0.717, 1.165) is 4.47 Å². The largest absolute Gasteiger partial charge is 0.372 e. The van der Waals surface area contributed by atoms with Crippen LogP contribution < -0.4 is 0 Å². The molecule has 0 atom stereocenters. The summed E-state index contributed by atoms with van der Waals surface area (Å²) in [5.74, 6) is -0.431. The lowest BCUT2D eigenvalue weighted by Gasteiger charge is -2.21. The van der Waals surface area contributed by atoms with E-state index < -0.39 is 0 Å². The van der Waals surface area contributed by atoms with Gasteiger partial charge in [0.2, 0.25) is 5.91 Å². The Morgan fingerprint density at radius 1 is 1.44 bits per heavy atom. The molecule has 0 bridgehead atoms. The summed E-state index contributed by atoms with van der Waals surface area (Å²) in [7, 11) is 0. The first-order chi connectivity index (χ1) is 8.58. The molecule has 3 nitrogen and oxygen atoms in total. The Kier molecular flexibility index (Phi) is 6.29. The van der Waals surface area contributed by atoms with Gasteiger partial charge in [-0.25, -0.2) is 4.39 Å². The summed E-state index contributed by atoms with van der Waals surface area (Å²) in [5.41, 5.74) is 0.496. The van der Waals surface area contributed by atoms with Gasteiger partial charge in [-0.2, -0.15) is 0 Å². The summed E-state index contributed by atoms with van der Waals surface area (Å²) in [5, 5.41) is 0. The van der Waals surface area contributed by atoms with E-state index in [9.17, 15) is 9.18 Å². The fourth-order valence-electron chi connectivity index (χ4n) is 1.53. The Hall–Kier alpha value is -0.940. The van der Waals surface area contributed by atoms with Crippen molar-refractivity contribution < 1.29 is 13.9 Å². The van der Waals surface area contributed by atoms with Crippen LogP contribution >= 0.6 is 15.9 Å². The van der Waals surface area contributed by atoms with Crippen molar-refractivity contribution in [3.8, 4) is 0 Å². The predicted octanol–water partition coefficient (Wildman–Crippen LogP) is 2.97. The molecule has 0 saturated carbocycles. The van der Waals surface area contributed by atoms with Crippen LogP contribution in [0.25, 0.3) is 0 Å². The number of carbonyl (C=O) groups excluding carboxylic acids is 1. The summed E-state index contributed by atoms with van der Waals surface area (Å²) in [6.07, 6.45) is 0. The highest BCUT2D eigenvalue weighted by Crippen LogP contribution is 2.17. The number of hydrogen-bond donors (Lipinski definition) is 0. The molecular weight excluding hydrogens is 301 g/mol. The van der Waals surface area contributed by atoms with Gasteiger partial charge in [0.1, 0.15) is 12.4 Å². The number of nitrogens with zero attached hydrogens (tertiary/aromatic N) is 1. The molecule has 0 aromatic heterocycles. The van der Waals surface area contributed by atoms with E-state index in [1.54, 1.807) is 17.0 Å². The van der Waals surface area contributed by atoms with Gasteiger partial charge in [-0.15, -0.1) is 0 Å². The fraction of sp³-hybridized carbons (Fsp3) is 0.462. The molecule has 0 spiro atoms. The molecule has 1 aromatic rings. The number of halogens is 2. The van der Waals surface area contributed by atoms with E-state index in [4.69, 9.17) is 4.74 Å². The molecule has 0 unspecified atom stereocenters. The maximum absolute atomic E-state index is 13.6. The van der Waals surface area contributed by atoms with E-state index in [1.807, 2.05) is 13.8 Å². The van der Waals surface area contributed by atoms with Crippen LogP contribution in [0.1, 0.15) is 19.4 Å². The molecule has 5 heteroatoms. The minimum atomic E-state index is -0.305. The Labute approximate surface area is 115 Å². The van der Waals surface area contributed by atoms with Gasteiger partial charge in [0.25, 0.3) is 0 Å². The van der Waals surface area contributed by atoms with E-state index in [1.165, 1.54) is 6.07 Å². The standard InChI is InChI=1S/C13H17BrFNO2/c1-3-16(13(17)9-18-4-2)8-10-7-11(14)5-6-12(10)15/h5-7H,3-4,8-9H2,1-2H3. The first kappa shape index (κ1) is 15.1. The zero-order valence-electron chi connectivity index (χ0n) is 10.6. The molecule has 1 aromatic carbocycles. The van der Waals surface area contributed by atoms with E-state index in [-0.39, 0.29) is 24.9 Å². The van der Waals surface area contributed by atoms with Crippen LogP contribution in [0.2, 0.25) is 0 Å². The second-order valence-corrected chi connectivity index (χ2v) is 4.70. The second kappa shape index (κ2) is 7.48. The smallest absolute Gasteiger partial charge is 0.248 e. The quantitative estimate of drug-likeness (QED) is 0.807. The maximum atomic E-state index is 13.6.